The zero-order valence-corrected chi connectivity index (χ0v) is 14.5. The van der Waals surface area contributed by atoms with Crippen molar-refractivity contribution in [3.05, 3.63) is 53.6 Å². The number of nitrogens with one attached hydrogen (secondary N) is 1. The minimum absolute atomic E-state index is 0.0615. The first kappa shape index (κ1) is 17.8. The Morgan fingerprint density at radius 1 is 1.12 bits per heavy atom. The lowest BCUT2D eigenvalue weighted by molar-refractivity contribution is -0.122. The minimum Gasteiger partial charge on any atom is -0.479 e. The van der Waals surface area contributed by atoms with Gasteiger partial charge in [0.15, 0.2) is 6.10 Å². The van der Waals surface area contributed by atoms with Crippen molar-refractivity contribution in [3.63, 3.8) is 0 Å². The summed E-state index contributed by atoms with van der Waals surface area (Å²) < 4.78 is 5.58. The molecule has 2 aromatic rings. The first-order chi connectivity index (χ1) is 11.4. The van der Waals surface area contributed by atoms with E-state index in [2.05, 4.69) is 5.32 Å². The average Bonchev–Trinajstić information content (AvgIpc) is 2.56. The number of hydrogen-bond donors (Lipinski definition) is 1. The minimum atomic E-state index is -0.704. The lowest BCUT2D eigenvalue weighted by Gasteiger charge is -2.17. The fourth-order valence-corrected chi connectivity index (χ4v) is 2.16. The standard InChI is InChI=1S/C18H19ClN2O3/c1-12(24-17-7-5-4-6-16(17)19)18(23)20-14-8-10-15(11-9-14)21(3)13(2)22/h4-12H,1-3H3,(H,20,23). The summed E-state index contributed by atoms with van der Waals surface area (Å²) in [6, 6.07) is 14.0. The van der Waals surface area contributed by atoms with Crippen LogP contribution >= 0.6 is 11.6 Å². The lowest BCUT2D eigenvalue weighted by Crippen LogP contribution is -2.30. The van der Waals surface area contributed by atoms with Crippen LogP contribution in [0.1, 0.15) is 13.8 Å². The fourth-order valence-electron chi connectivity index (χ4n) is 1.98. The van der Waals surface area contributed by atoms with Crippen molar-refractivity contribution in [2.75, 3.05) is 17.3 Å². The molecule has 6 heteroatoms. The quantitative estimate of drug-likeness (QED) is 0.897. The molecule has 1 N–H and O–H groups in total. The maximum absolute atomic E-state index is 12.2. The van der Waals surface area contributed by atoms with E-state index in [0.29, 0.717) is 16.5 Å². The number of rotatable bonds is 5. The van der Waals surface area contributed by atoms with Gasteiger partial charge in [0.1, 0.15) is 5.75 Å². The largest absolute Gasteiger partial charge is 0.479 e. The molecule has 0 aliphatic rings. The third-order valence-corrected chi connectivity index (χ3v) is 3.82. The summed E-state index contributed by atoms with van der Waals surface area (Å²) in [5.41, 5.74) is 1.37. The molecule has 126 valence electrons. The number of carbonyl (C=O) groups is 2. The van der Waals surface area contributed by atoms with E-state index in [1.165, 1.54) is 11.8 Å². The van der Waals surface area contributed by atoms with Crippen molar-refractivity contribution < 1.29 is 14.3 Å². The van der Waals surface area contributed by atoms with Crippen LogP contribution in [-0.4, -0.2) is 25.0 Å². The summed E-state index contributed by atoms with van der Waals surface area (Å²) in [5, 5.41) is 3.22. The fraction of sp³-hybridized carbons (Fsp3) is 0.222. The van der Waals surface area contributed by atoms with Crippen LogP contribution in [0.3, 0.4) is 0 Å². The van der Waals surface area contributed by atoms with Crippen LogP contribution in [0.5, 0.6) is 5.75 Å². The molecular weight excluding hydrogens is 328 g/mol. The van der Waals surface area contributed by atoms with Crippen LogP contribution in [0.2, 0.25) is 5.02 Å². The second-order valence-electron chi connectivity index (χ2n) is 5.30. The molecule has 0 aromatic heterocycles. The van der Waals surface area contributed by atoms with Gasteiger partial charge in [-0.1, -0.05) is 23.7 Å². The number of nitrogens with zero attached hydrogens (tertiary/aromatic N) is 1. The lowest BCUT2D eigenvalue weighted by atomic mass is 10.2. The Morgan fingerprint density at radius 3 is 2.33 bits per heavy atom. The molecule has 0 spiro atoms. The Bertz CT molecular complexity index is 731. The Labute approximate surface area is 146 Å². The molecule has 24 heavy (non-hydrogen) atoms. The molecule has 0 aliphatic heterocycles. The van der Waals surface area contributed by atoms with E-state index >= 15 is 0 Å². The van der Waals surface area contributed by atoms with Gasteiger partial charge >= 0.3 is 0 Å². The van der Waals surface area contributed by atoms with Gasteiger partial charge in [-0.05, 0) is 43.3 Å². The molecule has 2 aromatic carbocycles. The second kappa shape index (κ2) is 7.84. The van der Waals surface area contributed by atoms with Gasteiger partial charge in [-0.3, -0.25) is 9.59 Å². The van der Waals surface area contributed by atoms with E-state index in [4.69, 9.17) is 16.3 Å². The van der Waals surface area contributed by atoms with Crippen LogP contribution in [0.4, 0.5) is 11.4 Å². The monoisotopic (exact) mass is 346 g/mol. The van der Waals surface area contributed by atoms with E-state index in [0.717, 1.165) is 5.69 Å². The highest BCUT2D eigenvalue weighted by molar-refractivity contribution is 6.32. The maximum Gasteiger partial charge on any atom is 0.265 e. The topological polar surface area (TPSA) is 58.6 Å². The zero-order valence-electron chi connectivity index (χ0n) is 13.7. The summed E-state index contributed by atoms with van der Waals surface area (Å²) in [4.78, 5) is 25.1. The molecule has 0 heterocycles. The Kier molecular flexibility index (Phi) is 5.82. The number of halogens is 1. The van der Waals surface area contributed by atoms with Crippen molar-refractivity contribution in [2.45, 2.75) is 20.0 Å². The summed E-state index contributed by atoms with van der Waals surface area (Å²) >= 11 is 6.02. The maximum atomic E-state index is 12.2. The summed E-state index contributed by atoms with van der Waals surface area (Å²) in [5.74, 6) is 0.108. The molecule has 2 rings (SSSR count). The number of carbonyl (C=O) groups excluding carboxylic acids is 2. The smallest absolute Gasteiger partial charge is 0.265 e. The highest BCUT2D eigenvalue weighted by atomic mass is 35.5. The van der Waals surface area contributed by atoms with Gasteiger partial charge in [0, 0.05) is 25.3 Å². The molecule has 0 saturated heterocycles. The molecule has 0 fully saturated rings. The van der Waals surface area contributed by atoms with Crippen molar-refractivity contribution >= 4 is 34.8 Å². The number of ether oxygens (including phenoxy) is 1. The van der Waals surface area contributed by atoms with Gasteiger partial charge in [-0.2, -0.15) is 0 Å². The Hall–Kier alpha value is -2.53. The molecule has 1 atom stereocenters. The second-order valence-corrected chi connectivity index (χ2v) is 5.71. The van der Waals surface area contributed by atoms with Gasteiger partial charge in [-0.25, -0.2) is 0 Å². The summed E-state index contributed by atoms with van der Waals surface area (Å²) in [7, 11) is 1.69. The van der Waals surface area contributed by atoms with Crippen LogP contribution in [0.25, 0.3) is 0 Å². The normalized spacial score (nSPS) is 11.5. The van der Waals surface area contributed by atoms with Crippen LogP contribution in [0.15, 0.2) is 48.5 Å². The van der Waals surface area contributed by atoms with E-state index in [1.54, 1.807) is 62.5 Å². The van der Waals surface area contributed by atoms with Crippen molar-refractivity contribution in [3.8, 4) is 5.75 Å². The molecule has 0 aliphatic carbocycles. The number of benzene rings is 2. The Morgan fingerprint density at radius 2 is 1.75 bits per heavy atom. The van der Waals surface area contributed by atoms with Gasteiger partial charge in [-0.15, -0.1) is 0 Å². The molecule has 1 unspecified atom stereocenters. The molecule has 0 bridgehead atoms. The summed E-state index contributed by atoms with van der Waals surface area (Å²) in [6.07, 6.45) is -0.704. The van der Waals surface area contributed by atoms with Crippen LogP contribution in [-0.2, 0) is 9.59 Å². The van der Waals surface area contributed by atoms with Crippen LogP contribution < -0.4 is 15.0 Å². The van der Waals surface area contributed by atoms with E-state index in [-0.39, 0.29) is 11.8 Å². The van der Waals surface area contributed by atoms with Gasteiger partial charge < -0.3 is 15.0 Å². The number of amides is 2. The first-order valence-corrected chi connectivity index (χ1v) is 7.82. The van der Waals surface area contributed by atoms with Crippen molar-refractivity contribution in [2.24, 2.45) is 0 Å². The van der Waals surface area contributed by atoms with Crippen molar-refractivity contribution in [1.82, 2.24) is 0 Å². The third-order valence-electron chi connectivity index (χ3n) is 3.50. The number of hydrogen-bond acceptors (Lipinski definition) is 3. The molecular formula is C18H19ClN2O3. The predicted molar refractivity (Wildman–Crippen MR) is 95.7 cm³/mol. The molecule has 0 saturated carbocycles. The predicted octanol–water partition coefficient (Wildman–Crippen LogP) is 3.73. The highest BCUT2D eigenvalue weighted by Crippen LogP contribution is 2.24. The molecule has 5 nitrogen and oxygen atoms in total. The zero-order chi connectivity index (χ0) is 17.7. The average molecular weight is 347 g/mol. The third kappa shape index (κ3) is 4.49. The van der Waals surface area contributed by atoms with E-state index < -0.39 is 6.10 Å². The van der Waals surface area contributed by atoms with Crippen molar-refractivity contribution in [1.29, 1.82) is 0 Å². The van der Waals surface area contributed by atoms with Gasteiger partial charge in [0.25, 0.3) is 5.91 Å². The van der Waals surface area contributed by atoms with Crippen LogP contribution in [0, 0.1) is 0 Å². The van der Waals surface area contributed by atoms with E-state index in [1.807, 2.05) is 0 Å². The Balaban J connectivity index is 1.99. The first-order valence-electron chi connectivity index (χ1n) is 7.45. The SMILES string of the molecule is CC(=O)N(C)c1ccc(NC(=O)C(C)Oc2ccccc2Cl)cc1. The molecule has 2 amide bonds. The highest BCUT2D eigenvalue weighted by Gasteiger charge is 2.16. The number of para-hydroxylation sites is 1. The summed E-state index contributed by atoms with van der Waals surface area (Å²) in [6.45, 7) is 3.14. The molecule has 0 radical (unpaired) electrons. The van der Waals surface area contributed by atoms with E-state index in [9.17, 15) is 9.59 Å². The van der Waals surface area contributed by atoms with Gasteiger partial charge in [0.05, 0.1) is 5.02 Å². The van der Waals surface area contributed by atoms with Gasteiger partial charge in [0.2, 0.25) is 5.91 Å². The number of anilines is 2.